The van der Waals surface area contributed by atoms with Crippen molar-refractivity contribution in [3.8, 4) is 11.1 Å². The van der Waals surface area contributed by atoms with E-state index >= 15 is 0 Å². The van der Waals surface area contributed by atoms with Gasteiger partial charge in [-0.05, 0) is 42.8 Å². The van der Waals surface area contributed by atoms with Crippen LogP contribution in [0.25, 0.3) is 27.7 Å². The maximum absolute atomic E-state index is 5.67. The van der Waals surface area contributed by atoms with Crippen LogP contribution in [0.2, 0.25) is 0 Å². The first-order valence-electron chi connectivity index (χ1n) is 6.69. The Hall–Kier alpha value is -2.95. The number of nitrogens with two attached hydrogens (primary N) is 1. The summed E-state index contributed by atoms with van der Waals surface area (Å²) >= 11 is 0. The third-order valence-corrected chi connectivity index (χ3v) is 3.67. The summed E-state index contributed by atoms with van der Waals surface area (Å²) in [6.07, 6.45) is 1.80. The van der Waals surface area contributed by atoms with Crippen molar-refractivity contribution < 1.29 is 0 Å². The molecule has 4 rings (SSSR count). The number of fused-ring (bicyclic) bond motifs is 2. The van der Waals surface area contributed by atoms with Crippen LogP contribution < -0.4 is 5.73 Å². The van der Waals surface area contributed by atoms with E-state index in [0.29, 0.717) is 0 Å². The van der Waals surface area contributed by atoms with Gasteiger partial charge in [-0.15, -0.1) is 5.10 Å². The maximum atomic E-state index is 5.67. The van der Waals surface area contributed by atoms with Gasteiger partial charge in [-0.25, -0.2) is 4.52 Å². The van der Waals surface area contributed by atoms with Gasteiger partial charge in [0.15, 0.2) is 5.65 Å². The molecule has 0 amide bonds. The zero-order valence-electron chi connectivity index (χ0n) is 11.5. The molecule has 0 aliphatic carbocycles. The molecule has 21 heavy (non-hydrogen) atoms. The maximum Gasteiger partial charge on any atom is 0.240 e. The van der Waals surface area contributed by atoms with E-state index in [-0.39, 0.29) is 5.95 Å². The summed E-state index contributed by atoms with van der Waals surface area (Å²) in [5.74, 6) is 0.290. The minimum Gasteiger partial charge on any atom is -0.366 e. The van der Waals surface area contributed by atoms with Crippen molar-refractivity contribution >= 4 is 22.5 Å². The second-order valence-corrected chi connectivity index (χ2v) is 4.98. The summed E-state index contributed by atoms with van der Waals surface area (Å²) in [7, 11) is 0. The zero-order chi connectivity index (χ0) is 14.4. The molecule has 0 unspecified atom stereocenters. The van der Waals surface area contributed by atoms with Gasteiger partial charge in [0, 0.05) is 22.8 Å². The van der Waals surface area contributed by atoms with Gasteiger partial charge in [0.25, 0.3) is 0 Å². The number of pyridine rings is 2. The molecule has 5 heteroatoms. The fraction of sp³-hybridized carbons (Fsp3) is 0.0625. The van der Waals surface area contributed by atoms with Crippen molar-refractivity contribution in [1.29, 1.82) is 0 Å². The van der Waals surface area contributed by atoms with E-state index in [2.05, 4.69) is 39.3 Å². The van der Waals surface area contributed by atoms with Crippen molar-refractivity contribution in [2.75, 3.05) is 5.73 Å². The molecular formula is C16H13N5. The molecule has 0 spiro atoms. The van der Waals surface area contributed by atoms with Crippen LogP contribution in [-0.4, -0.2) is 19.6 Å². The van der Waals surface area contributed by atoms with Crippen LogP contribution in [0.5, 0.6) is 0 Å². The fourth-order valence-electron chi connectivity index (χ4n) is 2.64. The topological polar surface area (TPSA) is 69.1 Å². The van der Waals surface area contributed by atoms with Gasteiger partial charge < -0.3 is 5.73 Å². The van der Waals surface area contributed by atoms with Crippen LogP contribution in [0.4, 0.5) is 5.95 Å². The summed E-state index contributed by atoms with van der Waals surface area (Å²) in [6, 6.07) is 14.2. The molecule has 5 nitrogen and oxygen atoms in total. The van der Waals surface area contributed by atoms with E-state index in [1.807, 2.05) is 25.1 Å². The second kappa shape index (κ2) is 4.28. The molecule has 0 atom stereocenters. The summed E-state index contributed by atoms with van der Waals surface area (Å²) in [5, 5.41) is 5.35. The predicted octanol–water partition coefficient (Wildman–Crippen LogP) is 2.84. The molecule has 3 heterocycles. The van der Waals surface area contributed by atoms with E-state index in [1.165, 1.54) is 0 Å². The van der Waals surface area contributed by atoms with Crippen molar-refractivity contribution in [1.82, 2.24) is 19.6 Å². The van der Waals surface area contributed by atoms with Crippen molar-refractivity contribution in [3.05, 3.63) is 54.4 Å². The van der Waals surface area contributed by atoms with Crippen LogP contribution in [0.3, 0.4) is 0 Å². The number of benzene rings is 1. The molecule has 102 valence electrons. The number of anilines is 1. The first-order valence-corrected chi connectivity index (χ1v) is 6.69. The van der Waals surface area contributed by atoms with E-state index in [1.54, 1.807) is 10.7 Å². The lowest BCUT2D eigenvalue weighted by Crippen LogP contribution is -1.97. The van der Waals surface area contributed by atoms with Gasteiger partial charge in [0.05, 0.1) is 5.52 Å². The van der Waals surface area contributed by atoms with E-state index in [4.69, 9.17) is 5.73 Å². The highest BCUT2D eigenvalue weighted by Crippen LogP contribution is 2.27. The van der Waals surface area contributed by atoms with Gasteiger partial charge in [-0.3, -0.25) is 4.98 Å². The second-order valence-electron chi connectivity index (χ2n) is 4.98. The summed E-state index contributed by atoms with van der Waals surface area (Å²) in [6.45, 7) is 2.02. The molecule has 4 aromatic rings. The Bertz CT molecular complexity index is 971. The molecule has 2 N–H and O–H groups in total. The normalized spacial score (nSPS) is 11.3. The van der Waals surface area contributed by atoms with E-state index < -0.39 is 0 Å². The van der Waals surface area contributed by atoms with Crippen LogP contribution in [0.15, 0.2) is 48.7 Å². The Morgan fingerprint density at radius 3 is 2.90 bits per heavy atom. The molecule has 0 saturated carbocycles. The SMILES string of the molecule is Cc1c(-c2ccc3ncccc3c2)ccc2nc(N)nn12. The number of hydrogen-bond acceptors (Lipinski definition) is 4. The number of nitrogens with zero attached hydrogens (tertiary/aromatic N) is 4. The third kappa shape index (κ3) is 1.82. The van der Waals surface area contributed by atoms with Crippen LogP contribution in [0.1, 0.15) is 5.69 Å². The third-order valence-electron chi connectivity index (χ3n) is 3.67. The Morgan fingerprint density at radius 2 is 2.00 bits per heavy atom. The molecule has 1 aromatic carbocycles. The summed E-state index contributed by atoms with van der Waals surface area (Å²) in [4.78, 5) is 8.53. The minimum atomic E-state index is 0.290. The first kappa shape index (κ1) is 11.8. The highest BCUT2D eigenvalue weighted by Gasteiger charge is 2.09. The quantitative estimate of drug-likeness (QED) is 0.580. The largest absolute Gasteiger partial charge is 0.366 e. The number of aryl methyl sites for hydroxylation is 1. The molecular weight excluding hydrogens is 262 g/mol. The van der Waals surface area contributed by atoms with Crippen LogP contribution in [-0.2, 0) is 0 Å². The van der Waals surface area contributed by atoms with Gasteiger partial charge in [0.1, 0.15) is 0 Å². The Labute approximate surface area is 121 Å². The summed E-state index contributed by atoms with van der Waals surface area (Å²) in [5.41, 5.74) is 10.7. The number of rotatable bonds is 1. The van der Waals surface area contributed by atoms with Gasteiger partial charge >= 0.3 is 0 Å². The highest BCUT2D eigenvalue weighted by atomic mass is 15.3. The Balaban J connectivity index is 1.97. The number of hydrogen-bond donors (Lipinski definition) is 1. The predicted molar refractivity (Wildman–Crippen MR) is 82.9 cm³/mol. The van der Waals surface area contributed by atoms with Crippen LogP contribution in [0, 0.1) is 6.92 Å². The lowest BCUT2D eigenvalue weighted by Gasteiger charge is -2.08. The monoisotopic (exact) mass is 275 g/mol. The lowest BCUT2D eigenvalue weighted by molar-refractivity contribution is 0.923. The number of nitrogen functional groups attached to an aromatic ring is 1. The van der Waals surface area contributed by atoms with Crippen molar-refractivity contribution in [2.24, 2.45) is 0 Å². The number of aromatic nitrogens is 4. The lowest BCUT2D eigenvalue weighted by atomic mass is 10.0. The van der Waals surface area contributed by atoms with Gasteiger partial charge in [-0.2, -0.15) is 4.98 Å². The van der Waals surface area contributed by atoms with Crippen molar-refractivity contribution in [3.63, 3.8) is 0 Å². The van der Waals surface area contributed by atoms with Crippen LogP contribution >= 0.6 is 0 Å². The average molecular weight is 275 g/mol. The smallest absolute Gasteiger partial charge is 0.240 e. The molecule has 0 saturated heterocycles. The fourth-order valence-corrected chi connectivity index (χ4v) is 2.64. The average Bonchev–Trinajstić information content (AvgIpc) is 2.89. The Morgan fingerprint density at radius 1 is 1.10 bits per heavy atom. The van der Waals surface area contributed by atoms with Gasteiger partial charge in [0.2, 0.25) is 5.95 Å². The molecule has 0 aliphatic rings. The highest BCUT2D eigenvalue weighted by molar-refractivity contribution is 5.85. The Kier molecular flexibility index (Phi) is 2.41. The minimum absolute atomic E-state index is 0.290. The standard InChI is InChI=1S/C16H13N5/c1-10-13(5-7-15-19-16(17)20-21(10)15)11-4-6-14-12(9-11)3-2-8-18-14/h2-9H,1H3,(H2,17,20). The molecule has 0 fully saturated rings. The molecule has 3 aromatic heterocycles. The zero-order valence-corrected chi connectivity index (χ0v) is 11.5. The van der Waals surface area contributed by atoms with Crippen molar-refractivity contribution in [2.45, 2.75) is 6.92 Å². The van der Waals surface area contributed by atoms with E-state index in [9.17, 15) is 0 Å². The molecule has 0 aliphatic heterocycles. The summed E-state index contributed by atoms with van der Waals surface area (Å²) < 4.78 is 1.78. The van der Waals surface area contributed by atoms with Gasteiger partial charge in [-0.1, -0.05) is 12.1 Å². The molecule has 0 radical (unpaired) electrons. The van der Waals surface area contributed by atoms with E-state index in [0.717, 1.165) is 33.4 Å². The first-order chi connectivity index (χ1) is 10.2. The molecule has 0 bridgehead atoms.